The van der Waals surface area contributed by atoms with Crippen molar-refractivity contribution in [2.24, 2.45) is 0 Å². The van der Waals surface area contributed by atoms with Crippen molar-refractivity contribution in [2.45, 2.75) is 0 Å². The van der Waals surface area contributed by atoms with Crippen LogP contribution >= 0.6 is 0 Å². The number of carbonyl (C=O) groups excluding carboxylic acids is 2. The Balaban J connectivity index is 2.27. The third-order valence-corrected chi connectivity index (χ3v) is 2.05. The summed E-state index contributed by atoms with van der Waals surface area (Å²) in [6.07, 6.45) is 0. The highest BCUT2D eigenvalue weighted by Crippen LogP contribution is 2.16. The molecule has 1 aromatic carbocycles. The minimum absolute atomic E-state index is 0.125. The first-order valence-corrected chi connectivity index (χ1v) is 5.49. The smallest absolute Gasteiger partial charge is 0.276 e. The largest absolute Gasteiger partial charge is 0.497 e. The fraction of sp³-hybridized carbons (Fsp3) is 0.333. The number of benzene rings is 1. The number of rotatable bonds is 6. The molecule has 0 heterocycles. The molecule has 1 rings (SSSR count). The van der Waals surface area contributed by atoms with Crippen LogP contribution in [0.15, 0.2) is 24.3 Å². The van der Waals surface area contributed by atoms with E-state index >= 15 is 0 Å². The second-order valence-electron chi connectivity index (χ2n) is 3.49. The second kappa shape index (κ2) is 7.93. The summed E-state index contributed by atoms with van der Waals surface area (Å²) in [6, 6.07) is 6.78. The van der Waals surface area contributed by atoms with E-state index in [4.69, 9.17) is 9.47 Å². The summed E-state index contributed by atoms with van der Waals surface area (Å²) in [7, 11) is 2.94. The summed E-state index contributed by atoms with van der Waals surface area (Å²) < 4.78 is 14.8. The molecule has 0 aliphatic carbocycles. The van der Waals surface area contributed by atoms with Gasteiger partial charge in [0.15, 0.2) is 6.61 Å². The Labute approximate surface area is 110 Å². The second-order valence-corrected chi connectivity index (χ2v) is 3.49. The number of amides is 2. The first-order chi connectivity index (χ1) is 9.15. The molecule has 0 unspecified atom stereocenters. The summed E-state index contributed by atoms with van der Waals surface area (Å²) in [4.78, 5) is 22.3. The molecule has 2 N–H and O–H groups in total. The van der Waals surface area contributed by atoms with E-state index in [-0.39, 0.29) is 13.2 Å². The molecule has 104 valence electrons. The molecule has 0 fully saturated rings. The molecule has 2 amide bonds. The van der Waals surface area contributed by atoms with Crippen molar-refractivity contribution in [2.75, 3.05) is 27.4 Å². The topological polar surface area (TPSA) is 85.9 Å². The lowest BCUT2D eigenvalue weighted by atomic mass is 10.3. The molecular formula is C12H16N2O5. The predicted molar refractivity (Wildman–Crippen MR) is 66.7 cm³/mol. The van der Waals surface area contributed by atoms with Crippen LogP contribution in [0.2, 0.25) is 0 Å². The number of methoxy groups -OCH3 is 2. The van der Waals surface area contributed by atoms with Crippen molar-refractivity contribution >= 4 is 11.8 Å². The van der Waals surface area contributed by atoms with Gasteiger partial charge >= 0.3 is 0 Å². The van der Waals surface area contributed by atoms with Gasteiger partial charge in [-0.2, -0.15) is 0 Å². The van der Waals surface area contributed by atoms with Crippen LogP contribution in [-0.4, -0.2) is 39.2 Å². The maximum absolute atomic E-state index is 11.3. The van der Waals surface area contributed by atoms with E-state index < -0.39 is 11.8 Å². The number of hydrogen-bond acceptors (Lipinski definition) is 5. The van der Waals surface area contributed by atoms with E-state index in [1.807, 2.05) is 0 Å². The van der Waals surface area contributed by atoms with Crippen LogP contribution in [0.4, 0.5) is 0 Å². The van der Waals surface area contributed by atoms with Gasteiger partial charge in [-0.3, -0.25) is 20.4 Å². The Bertz CT molecular complexity index is 419. The minimum atomic E-state index is -0.472. The van der Waals surface area contributed by atoms with Crippen LogP contribution in [0.1, 0.15) is 0 Å². The van der Waals surface area contributed by atoms with E-state index in [0.29, 0.717) is 11.5 Å². The Morgan fingerprint density at radius 1 is 0.947 bits per heavy atom. The Morgan fingerprint density at radius 3 is 2.00 bits per heavy atom. The minimum Gasteiger partial charge on any atom is -0.497 e. The highest BCUT2D eigenvalue weighted by Gasteiger charge is 2.05. The van der Waals surface area contributed by atoms with Gasteiger partial charge in [0, 0.05) is 7.11 Å². The normalized spacial score (nSPS) is 9.58. The lowest BCUT2D eigenvalue weighted by molar-refractivity contribution is -0.131. The number of ether oxygens (including phenoxy) is 3. The third-order valence-electron chi connectivity index (χ3n) is 2.05. The SMILES string of the molecule is COCC(=O)NNC(=O)COc1ccc(OC)cc1. The summed E-state index contributed by atoms with van der Waals surface area (Å²) in [5.74, 6) is 0.309. The van der Waals surface area contributed by atoms with Crippen LogP contribution in [-0.2, 0) is 14.3 Å². The van der Waals surface area contributed by atoms with E-state index in [9.17, 15) is 9.59 Å². The fourth-order valence-electron chi connectivity index (χ4n) is 1.16. The Hall–Kier alpha value is -2.28. The monoisotopic (exact) mass is 268 g/mol. The first kappa shape index (κ1) is 14.8. The van der Waals surface area contributed by atoms with Crippen LogP contribution in [0.25, 0.3) is 0 Å². The average molecular weight is 268 g/mol. The van der Waals surface area contributed by atoms with Gasteiger partial charge in [0.1, 0.15) is 18.1 Å². The summed E-state index contributed by atoms with van der Waals surface area (Å²) in [5, 5.41) is 0. The number of nitrogens with one attached hydrogen (secondary N) is 2. The van der Waals surface area contributed by atoms with Crippen molar-refractivity contribution in [1.29, 1.82) is 0 Å². The Morgan fingerprint density at radius 2 is 1.47 bits per heavy atom. The van der Waals surface area contributed by atoms with Crippen LogP contribution in [0.5, 0.6) is 11.5 Å². The van der Waals surface area contributed by atoms with E-state index in [1.54, 1.807) is 31.4 Å². The maximum Gasteiger partial charge on any atom is 0.276 e. The molecular weight excluding hydrogens is 252 g/mol. The zero-order valence-corrected chi connectivity index (χ0v) is 10.8. The van der Waals surface area contributed by atoms with Crippen molar-refractivity contribution in [3.05, 3.63) is 24.3 Å². The summed E-state index contributed by atoms with van der Waals surface area (Å²) in [6.45, 7) is -0.334. The third kappa shape index (κ3) is 5.73. The predicted octanol–water partition coefficient (Wildman–Crippen LogP) is -0.132. The van der Waals surface area contributed by atoms with Crippen LogP contribution in [0, 0.1) is 0 Å². The van der Waals surface area contributed by atoms with Gasteiger partial charge in [-0.15, -0.1) is 0 Å². The standard InChI is InChI=1S/C12H16N2O5/c1-17-7-11(15)13-14-12(16)8-19-10-5-3-9(18-2)4-6-10/h3-6H,7-8H2,1-2H3,(H,13,15)(H,14,16). The van der Waals surface area contributed by atoms with Crippen LogP contribution < -0.4 is 20.3 Å². The molecule has 0 atom stereocenters. The molecule has 0 spiro atoms. The van der Waals surface area contributed by atoms with Gasteiger partial charge in [-0.05, 0) is 24.3 Å². The lowest BCUT2D eigenvalue weighted by Crippen LogP contribution is -2.45. The van der Waals surface area contributed by atoms with Gasteiger partial charge in [-0.1, -0.05) is 0 Å². The summed E-state index contributed by atoms with van der Waals surface area (Å²) in [5.41, 5.74) is 4.37. The van der Waals surface area contributed by atoms with Crippen molar-refractivity contribution in [3.63, 3.8) is 0 Å². The quantitative estimate of drug-likeness (QED) is 0.702. The molecule has 19 heavy (non-hydrogen) atoms. The van der Waals surface area contributed by atoms with Crippen LogP contribution in [0.3, 0.4) is 0 Å². The van der Waals surface area contributed by atoms with E-state index in [2.05, 4.69) is 15.6 Å². The summed E-state index contributed by atoms with van der Waals surface area (Å²) >= 11 is 0. The highest BCUT2D eigenvalue weighted by molar-refractivity contribution is 5.83. The average Bonchev–Trinajstić information content (AvgIpc) is 2.44. The zero-order chi connectivity index (χ0) is 14.1. The Kier molecular flexibility index (Phi) is 6.17. The van der Waals surface area contributed by atoms with E-state index in [1.165, 1.54) is 7.11 Å². The number of carbonyl (C=O) groups is 2. The molecule has 7 heteroatoms. The molecule has 0 bridgehead atoms. The molecule has 0 radical (unpaired) electrons. The molecule has 0 aromatic heterocycles. The fourth-order valence-corrected chi connectivity index (χ4v) is 1.16. The van der Waals surface area contributed by atoms with Gasteiger partial charge in [0.2, 0.25) is 0 Å². The zero-order valence-electron chi connectivity index (χ0n) is 10.8. The molecule has 0 aliphatic rings. The van der Waals surface area contributed by atoms with Crippen molar-refractivity contribution in [1.82, 2.24) is 10.9 Å². The van der Waals surface area contributed by atoms with Crippen molar-refractivity contribution < 1.29 is 23.8 Å². The highest BCUT2D eigenvalue weighted by atomic mass is 16.5. The van der Waals surface area contributed by atoms with Gasteiger partial charge in [0.05, 0.1) is 7.11 Å². The maximum atomic E-state index is 11.3. The van der Waals surface area contributed by atoms with Gasteiger partial charge in [-0.25, -0.2) is 0 Å². The first-order valence-electron chi connectivity index (χ1n) is 5.49. The molecule has 0 aliphatic heterocycles. The van der Waals surface area contributed by atoms with Crippen molar-refractivity contribution in [3.8, 4) is 11.5 Å². The molecule has 0 saturated carbocycles. The van der Waals surface area contributed by atoms with E-state index in [0.717, 1.165) is 0 Å². The number of hydrogen-bond donors (Lipinski definition) is 2. The van der Waals surface area contributed by atoms with Gasteiger partial charge < -0.3 is 14.2 Å². The molecule has 0 saturated heterocycles. The van der Waals surface area contributed by atoms with Gasteiger partial charge in [0.25, 0.3) is 11.8 Å². The molecule has 1 aromatic rings. The number of hydrazine groups is 1. The molecule has 7 nitrogen and oxygen atoms in total. The lowest BCUT2D eigenvalue weighted by Gasteiger charge is -2.08.